The maximum Gasteiger partial charge on any atom is 0.0722 e. The smallest absolute Gasteiger partial charge is 0.0722 e. The minimum atomic E-state index is 0. The second-order valence-electron chi connectivity index (χ2n) is 4.68. The Kier molecular flexibility index (Phi) is 5.85. The Morgan fingerprint density at radius 1 is 1.26 bits per heavy atom. The van der Waals surface area contributed by atoms with Crippen LogP contribution in [0.5, 0.6) is 0 Å². The number of fused-ring (bicyclic) bond motifs is 1. The van der Waals surface area contributed by atoms with Crippen molar-refractivity contribution >= 4 is 41.4 Å². The molecule has 1 saturated heterocycles. The van der Waals surface area contributed by atoms with Crippen LogP contribution in [0.1, 0.15) is 6.92 Å². The number of rotatable bonds is 1. The summed E-state index contributed by atoms with van der Waals surface area (Å²) in [4.78, 5) is 6.84. The number of piperazine rings is 1. The van der Waals surface area contributed by atoms with Crippen LogP contribution in [0, 0.1) is 0 Å². The molecule has 0 aliphatic carbocycles. The van der Waals surface area contributed by atoms with Crippen LogP contribution in [0.3, 0.4) is 0 Å². The molecule has 1 aromatic heterocycles. The van der Waals surface area contributed by atoms with E-state index in [1.165, 1.54) is 11.1 Å². The van der Waals surface area contributed by atoms with Gasteiger partial charge in [-0.1, -0.05) is 12.1 Å². The van der Waals surface area contributed by atoms with Gasteiger partial charge in [-0.05, 0) is 25.1 Å². The SMILES string of the molecule is CC1CN(c2ccc3cccnc3c2)CCN1.Cl.Cl. The fourth-order valence-electron chi connectivity index (χ4n) is 2.42. The maximum atomic E-state index is 4.41. The number of halogens is 2. The van der Waals surface area contributed by atoms with E-state index in [0.717, 1.165) is 25.2 Å². The largest absolute Gasteiger partial charge is 0.369 e. The van der Waals surface area contributed by atoms with Crippen molar-refractivity contribution in [2.75, 3.05) is 24.5 Å². The fourth-order valence-corrected chi connectivity index (χ4v) is 2.42. The van der Waals surface area contributed by atoms with Gasteiger partial charge >= 0.3 is 0 Å². The lowest BCUT2D eigenvalue weighted by Crippen LogP contribution is -2.49. The van der Waals surface area contributed by atoms with Crippen LogP contribution >= 0.6 is 24.8 Å². The zero-order chi connectivity index (χ0) is 11.7. The van der Waals surface area contributed by atoms with Crippen molar-refractivity contribution in [3.05, 3.63) is 36.5 Å². The van der Waals surface area contributed by atoms with Gasteiger partial charge in [0.1, 0.15) is 0 Å². The van der Waals surface area contributed by atoms with E-state index < -0.39 is 0 Å². The van der Waals surface area contributed by atoms with Crippen molar-refractivity contribution in [3.8, 4) is 0 Å². The normalized spacial score (nSPS) is 18.6. The molecule has 2 heterocycles. The van der Waals surface area contributed by atoms with Gasteiger partial charge in [-0.25, -0.2) is 0 Å². The number of benzene rings is 1. The van der Waals surface area contributed by atoms with E-state index in [-0.39, 0.29) is 24.8 Å². The van der Waals surface area contributed by atoms with Crippen molar-refractivity contribution in [1.29, 1.82) is 0 Å². The van der Waals surface area contributed by atoms with E-state index in [2.05, 4.69) is 46.4 Å². The summed E-state index contributed by atoms with van der Waals surface area (Å²) in [5, 5.41) is 4.67. The Hall–Kier alpha value is -1.03. The molecule has 1 N–H and O–H groups in total. The van der Waals surface area contributed by atoms with E-state index >= 15 is 0 Å². The molecule has 1 atom stereocenters. The highest BCUT2D eigenvalue weighted by Gasteiger charge is 2.15. The van der Waals surface area contributed by atoms with E-state index in [1.54, 1.807) is 0 Å². The Labute approximate surface area is 126 Å². The van der Waals surface area contributed by atoms with Crippen LogP contribution in [0.25, 0.3) is 10.9 Å². The number of nitrogens with zero attached hydrogens (tertiary/aromatic N) is 2. The zero-order valence-electron chi connectivity index (χ0n) is 10.9. The van der Waals surface area contributed by atoms with Gasteiger partial charge in [0.25, 0.3) is 0 Å². The summed E-state index contributed by atoms with van der Waals surface area (Å²) in [5.74, 6) is 0. The quantitative estimate of drug-likeness (QED) is 0.878. The van der Waals surface area contributed by atoms with Gasteiger partial charge in [-0.15, -0.1) is 24.8 Å². The van der Waals surface area contributed by atoms with Crippen molar-refractivity contribution in [3.63, 3.8) is 0 Å². The van der Waals surface area contributed by atoms with E-state index in [9.17, 15) is 0 Å². The van der Waals surface area contributed by atoms with Gasteiger partial charge in [-0.2, -0.15) is 0 Å². The number of aromatic nitrogens is 1. The summed E-state index contributed by atoms with van der Waals surface area (Å²) in [6.07, 6.45) is 1.85. The summed E-state index contributed by atoms with van der Waals surface area (Å²) in [6.45, 7) is 5.42. The summed E-state index contributed by atoms with van der Waals surface area (Å²) in [6, 6.07) is 11.2. The molecule has 0 bridgehead atoms. The molecule has 1 aliphatic heterocycles. The summed E-state index contributed by atoms with van der Waals surface area (Å²) < 4.78 is 0. The molecular weight excluding hydrogens is 281 g/mol. The van der Waals surface area contributed by atoms with Gasteiger partial charge < -0.3 is 10.2 Å². The molecule has 5 heteroatoms. The first-order chi connectivity index (χ1) is 8.33. The molecule has 1 unspecified atom stereocenters. The Bertz CT molecular complexity index is 533. The van der Waals surface area contributed by atoms with Crippen LogP contribution in [0.2, 0.25) is 0 Å². The number of pyridine rings is 1. The second kappa shape index (κ2) is 6.94. The topological polar surface area (TPSA) is 28.2 Å². The van der Waals surface area contributed by atoms with Gasteiger partial charge in [0.05, 0.1) is 5.52 Å². The first kappa shape index (κ1) is 16.0. The fraction of sp³-hybridized carbons (Fsp3) is 0.357. The second-order valence-corrected chi connectivity index (χ2v) is 4.68. The zero-order valence-corrected chi connectivity index (χ0v) is 12.5. The molecule has 19 heavy (non-hydrogen) atoms. The number of hydrogen-bond acceptors (Lipinski definition) is 3. The standard InChI is InChI=1S/C14H17N3.2ClH/c1-11-10-17(8-7-15-11)13-5-4-12-3-2-6-16-14(12)9-13;;/h2-6,9,11,15H,7-8,10H2,1H3;2*1H. The minimum absolute atomic E-state index is 0. The van der Waals surface area contributed by atoms with Crippen LogP contribution in [0.15, 0.2) is 36.5 Å². The Morgan fingerprint density at radius 2 is 2.11 bits per heavy atom. The first-order valence-electron chi connectivity index (χ1n) is 6.16. The lowest BCUT2D eigenvalue weighted by atomic mass is 10.1. The highest BCUT2D eigenvalue weighted by atomic mass is 35.5. The van der Waals surface area contributed by atoms with Crippen LogP contribution in [-0.4, -0.2) is 30.7 Å². The molecule has 1 aliphatic rings. The summed E-state index contributed by atoms with van der Waals surface area (Å²) in [7, 11) is 0. The first-order valence-corrected chi connectivity index (χ1v) is 6.16. The highest BCUT2D eigenvalue weighted by molar-refractivity contribution is 5.85. The lowest BCUT2D eigenvalue weighted by molar-refractivity contribution is 0.485. The third-order valence-corrected chi connectivity index (χ3v) is 3.32. The van der Waals surface area contributed by atoms with E-state index in [0.29, 0.717) is 6.04 Å². The van der Waals surface area contributed by atoms with Crippen molar-refractivity contribution in [2.24, 2.45) is 0 Å². The van der Waals surface area contributed by atoms with Crippen LogP contribution in [-0.2, 0) is 0 Å². The number of anilines is 1. The third kappa shape index (κ3) is 3.50. The number of nitrogens with one attached hydrogen (secondary N) is 1. The molecule has 1 fully saturated rings. The predicted octanol–water partition coefficient (Wildman–Crippen LogP) is 2.88. The van der Waals surface area contributed by atoms with Crippen molar-refractivity contribution in [1.82, 2.24) is 10.3 Å². The molecule has 0 spiro atoms. The molecule has 3 nitrogen and oxygen atoms in total. The minimum Gasteiger partial charge on any atom is -0.369 e. The van der Waals surface area contributed by atoms with Gasteiger partial charge in [0, 0.05) is 42.9 Å². The highest BCUT2D eigenvalue weighted by Crippen LogP contribution is 2.21. The summed E-state index contributed by atoms with van der Waals surface area (Å²) >= 11 is 0. The molecular formula is C14H19Cl2N3. The predicted molar refractivity (Wildman–Crippen MR) is 85.9 cm³/mol. The monoisotopic (exact) mass is 299 g/mol. The van der Waals surface area contributed by atoms with Crippen LogP contribution in [0.4, 0.5) is 5.69 Å². The Balaban J connectivity index is 0.000000902. The van der Waals surface area contributed by atoms with E-state index in [4.69, 9.17) is 0 Å². The summed E-state index contributed by atoms with van der Waals surface area (Å²) in [5.41, 5.74) is 2.36. The number of hydrogen-bond donors (Lipinski definition) is 1. The van der Waals surface area contributed by atoms with Gasteiger partial charge in [0.2, 0.25) is 0 Å². The Morgan fingerprint density at radius 3 is 2.89 bits per heavy atom. The third-order valence-electron chi connectivity index (χ3n) is 3.32. The molecule has 0 amide bonds. The van der Waals surface area contributed by atoms with Gasteiger partial charge in [0.15, 0.2) is 0 Å². The van der Waals surface area contributed by atoms with Gasteiger partial charge in [-0.3, -0.25) is 4.98 Å². The van der Waals surface area contributed by atoms with Crippen molar-refractivity contribution in [2.45, 2.75) is 13.0 Å². The molecule has 104 valence electrons. The lowest BCUT2D eigenvalue weighted by Gasteiger charge is -2.33. The maximum absolute atomic E-state index is 4.41. The van der Waals surface area contributed by atoms with Crippen molar-refractivity contribution < 1.29 is 0 Å². The molecule has 0 saturated carbocycles. The average molecular weight is 300 g/mol. The average Bonchev–Trinajstić information content (AvgIpc) is 2.38. The molecule has 0 radical (unpaired) electrons. The van der Waals surface area contributed by atoms with Crippen LogP contribution < -0.4 is 10.2 Å². The van der Waals surface area contributed by atoms with E-state index in [1.807, 2.05) is 12.3 Å². The molecule has 2 aromatic rings. The molecule has 3 rings (SSSR count). The molecule has 1 aromatic carbocycles.